The van der Waals surface area contributed by atoms with Gasteiger partial charge < -0.3 is 14.8 Å². The number of hydrogen-bond acceptors (Lipinski definition) is 4. The Morgan fingerprint density at radius 1 is 1.04 bits per heavy atom. The van der Waals surface area contributed by atoms with Crippen LogP contribution in [0.15, 0.2) is 59.0 Å². The Morgan fingerprint density at radius 3 is 2.50 bits per heavy atom. The molecule has 28 heavy (non-hydrogen) atoms. The first-order chi connectivity index (χ1) is 13.3. The van der Waals surface area contributed by atoms with Gasteiger partial charge in [-0.25, -0.2) is 4.79 Å². The number of carbonyl (C=O) groups excluding carboxylic acids is 1. The fourth-order valence-corrected chi connectivity index (χ4v) is 2.84. The molecule has 0 radical (unpaired) electrons. The summed E-state index contributed by atoms with van der Waals surface area (Å²) in [5.74, 6) is -1.13. The molecule has 0 bridgehead atoms. The smallest absolute Gasteiger partial charge is 0.371 e. The molecule has 3 N–H and O–H groups in total. The summed E-state index contributed by atoms with van der Waals surface area (Å²) in [5, 5.41) is 14.8. The van der Waals surface area contributed by atoms with E-state index in [1.165, 1.54) is 6.07 Å². The van der Waals surface area contributed by atoms with E-state index in [1.54, 1.807) is 24.3 Å². The molecule has 0 unspecified atom stereocenters. The lowest BCUT2D eigenvalue weighted by molar-refractivity contribution is 0.0663. The lowest BCUT2D eigenvalue weighted by Crippen LogP contribution is -2.34. The highest BCUT2D eigenvalue weighted by Gasteiger charge is 2.13. The minimum atomic E-state index is -1.13. The van der Waals surface area contributed by atoms with E-state index in [0.29, 0.717) is 22.6 Å². The van der Waals surface area contributed by atoms with Crippen molar-refractivity contribution in [2.24, 2.45) is 0 Å². The number of hydrogen-bond donors (Lipinski definition) is 3. The minimum absolute atomic E-state index is 0.133. The second-order valence-corrected chi connectivity index (χ2v) is 6.68. The van der Waals surface area contributed by atoms with E-state index in [2.05, 4.69) is 10.6 Å². The van der Waals surface area contributed by atoms with Crippen LogP contribution in [0.2, 0.25) is 0 Å². The number of carboxylic acids is 1. The molecular formula is C21H18N2O4S. The van der Waals surface area contributed by atoms with E-state index in [0.717, 1.165) is 11.1 Å². The molecule has 6 nitrogen and oxygen atoms in total. The molecular weight excluding hydrogens is 376 g/mol. The number of anilines is 1. The Kier molecular flexibility index (Phi) is 5.56. The van der Waals surface area contributed by atoms with Gasteiger partial charge in [-0.15, -0.1) is 0 Å². The van der Waals surface area contributed by atoms with Gasteiger partial charge in [-0.3, -0.25) is 10.1 Å². The van der Waals surface area contributed by atoms with Gasteiger partial charge in [0.2, 0.25) is 5.76 Å². The van der Waals surface area contributed by atoms with Crippen LogP contribution in [-0.4, -0.2) is 22.1 Å². The van der Waals surface area contributed by atoms with Gasteiger partial charge in [0.25, 0.3) is 5.91 Å². The summed E-state index contributed by atoms with van der Waals surface area (Å²) >= 11 is 5.26. The van der Waals surface area contributed by atoms with E-state index in [-0.39, 0.29) is 16.8 Å². The molecule has 0 saturated heterocycles. The summed E-state index contributed by atoms with van der Waals surface area (Å²) in [6.45, 7) is 3.80. The van der Waals surface area contributed by atoms with Crippen LogP contribution in [0.4, 0.5) is 5.69 Å². The molecule has 3 aromatic rings. The van der Waals surface area contributed by atoms with Crippen LogP contribution in [0.1, 0.15) is 32.0 Å². The molecule has 1 aromatic heterocycles. The number of carbonyl (C=O) groups is 2. The van der Waals surface area contributed by atoms with E-state index in [9.17, 15) is 9.59 Å². The standard InChI is InChI=1S/C21H18N2O4S/c1-12-4-3-5-15(10-12)19(24)23-21(28)22-16-11-14(7-6-13(16)2)17-8-9-18(27-17)20(25)26/h3-11H,1-2H3,(H,25,26)(H2,22,23,24,28). The first-order valence-corrected chi connectivity index (χ1v) is 8.87. The first-order valence-electron chi connectivity index (χ1n) is 8.46. The zero-order valence-corrected chi connectivity index (χ0v) is 16.1. The number of benzene rings is 2. The summed E-state index contributed by atoms with van der Waals surface area (Å²) in [4.78, 5) is 23.3. The molecule has 0 atom stereocenters. The summed E-state index contributed by atoms with van der Waals surface area (Å²) in [5.41, 5.74) is 3.77. The lowest BCUT2D eigenvalue weighted by Gasteiger charge is -2.13. The highest BCUT2D eigenvalue weighted by atomic mass is 32.1. The van der Waals surface area contributed by atoms with Gasteiger partial charge in [0, 0.05) is 16.8 Å². The van der Waals surface area contributed by atoms with E-state index in [4.69, 9.17) is 21.7 Å². The zero-order valence-electron chi connectivity index (χ0n) is 15.3. The van der Waals surface area contributed by atoms with Crippen molar-refractivity contribution in [3.05, 3.63) is 77.0 Å². The molecule has 1 heterocycles. The average molecular weight is 394 g/mol. The number of furan rings is 1. The SMILES string of the molecule is Cc1cccc(C(=O)NC(=S)Nc2cc(-c3ccc(C(=O)O)o3)ccc2C)c1. The summed E-state index contributed by atoms with van der Waals surface area (Å²) < 4.78 is 5.33. The van der Waals surface area contributed by atoms with Crippen molar-refractivity contribution in [1.82, 2.24) is 5.32 Å². The molecule has 0 aliphatic heterocycles. The Morgan fingerprint density at radius 2 is 1.82 bits per heavy atom. The second-order valence-electron chi connectivity index (χ2n) is 6.28. The summed E-state index contributed by atoms with van der Waals surface area (Å²) in [7, 11) is 0. The third kappa shape index (κ3) is 4.44. The maximum atomic E-state index is 12.3. The number of aromatic carboxylic acids is 1. The molecule has 0 fully saturated rings. The molecule has 2 aromatic carbocycles. The fourth-order valence-electron chi connectivity index (χ4n) is 2.63. The average Bonchev–Trinajstić information content (AvgIpc) is 3.14. The van der Waals surface area contributed by atoms with E-state index >= 15 is 0 Å². The van der Waals surface area contributed by atoms with Crippen LogP contribution in [-0.2, 0) is 0 Å². The largest absolute Gasteiger partial charge is 0.475 e. The Hall–Kier alpha value is -3.45. The molecule has 142 valence electrons. The van der Waals surface area contributed by atoms with Gasteiger partial charge in [-0.05, 0) is 62.0 Å². The van der Waals surface area contributed by atoms with Crippen LogP contribution >= 0.6 is 12.2 Å². The quantitative estimate of drug-likeness (QED) is 0.569. The molecule has 0 spiro atoms. The number of aryl methyl sites for hydroxylation is 2. The number of rotatable bonds is 4. The van der Waals surface area contributed by atoms with Gasteiger partial charge in [0.05, 0.1) is 0 Å². The maximum absolute atomic E-state index is 12.3. The summed E-state index contributed by atoms with van der Waals surface area (Å²) in [6, 6.07) is 15.7. The minimum Gasteiger partial charge on any atom is -0.475 e. The predicted molar refractivity (Wildman–Crippen MR) is 111 cm³/mol. The van der Waals surface area contributed by atoms with E-state index in [1.807, 2.05) is 38.1 Å². The lowest BCUT2D eigenvalue weighted by atomic mass is 10.1. The van der Waals surface area contributed by atoms with E-state index < -0.39 is 5.97 Å². The van der Waals surface area contributed by atoms with Crippen molar-refractivity contribution >= 4 is 34.9 Å². The van der Waals surface area contributed by atoms with Crippen molar-refractivity contribution in [3.8, 4) is 11.3 Å². The van der Waals surface area contributed by atoms with Gasteiger partial charge >= 0.3 is 5.97 Å². The molecule has 1 amide bonds. The molecule has 0 aliphatic carbocycles. The number of amides is 1. The van der Waals surface area contributed by atoms with Crippen molar-refractivity contribution in [1.29, 1.82) is 0 Å². The number of thiocarbonyl (C=S) groups is 1. The fraction of sp³-hybridized carbons (Fsp3) is 0.0952. The first kappa shape index (κ1) is 19.3. The monoisotopic (exact) mass is 394 g/mol. The highest BCUT2D eigenvalue weighted by Crippen LogP contribution is 2.27. The van der Waals surface area contributed by atoms with Crippen LogP contribution in [0.25, 0.3) is 11.3 Å². The van der Waals surface area contributed by atoms with Gasteiger partial charge in [-0.1, -0.05) is 29.8 Å². The van der Waals surface area contributed by atoms with Crippen molar-refractivity contribution in [2.45, 2.75) is 13.8 Å². The van der Waals surface area contributed by atoms with Gasteiger partial charge in [-0.2, -0.15) is 0 Å². The van der Waals surface area contributed by atoms with Crippen molar-refractivity contribution in [3.63, 3.8) is 0 Å². The molecule has 0 saturated carbocycles. The number of nitrogens with one attached hydrogen (secondary N) is 2. The Bertz CT molecular complexity index is 1070. The predicted octanol–water partition coefficient (Wildman–Crippen LogP) is 4.39. The highest BCUT2D eigenvalue weighted by molar-refractivity contribution is 7.80. The third-order valence-electron chi connectivity index (χ3n) is 4.09. The van der Waals surface area contributed by atoms with Gasteiger partial charge in [0.15, 0.2) is 5.11 Å². The van der Waals surface area contributed by atoms with Crippen molar-refractivity contribution in [2.75, 3.05) is 5.32 Å². The normalized spacial score (nSPS) is 10.4. The topological polar surface area (TPSA) is 91.6 Å². The summed E-state index contributed by atoms with van der Waals surface area (Å²) in [6.07, 6.45) is 0. The van der Waals surface area contributed by atoms with Crippen LogP contribution in [0, 0.1) is 13.8 Å². The van der Waals surface area contributed by atoms with Crippen LogP contribution < -0.4 is 10.6 Å². The second kappa shape index (κ2) is 8.06. The van der Waals surface area contributed by atoms with Crippen molar-refractivity contribution < 1.29 is 19.1 Å². The molecule has 0 aliphatic rings. The Labute approximate surface area is 167 Å². The van der Waals surface area contributed by atoms with Crippen LogP contribution in [0.3, 0.4) is 0 Å². The Balaban J connectivity index is 1.75. The van der Waals surface area contributed by atoms with Crippen LogP contribution in [0.5, 0.6) is 0 Å². The zero-order chi connectivity index (χ0) is 20.3. The molecule has 7 heteroatoms. The maximum Gasteiger partial charge on any atom is 0.371 e. The van der Waals surface area contributed by atoms with Gasteiger partial charge in [0.1, 0.15) is 5.76 Å². The third-order valence-corrected chi connectivity index (χ3v) is 4.30. The number of carboxylic acid groups (broad SMARTS) is 1. The molecule has 3 rings (SSSR count).